The molecule has 3 heterocycles. The van der Waals surface area contributed by atoms with Gasteiger partial charge in [0.05, 0.1) is 24.5 Å². The van der Waals surface area contributed by atoms with E-state index in [4.69, 9.17) is 9.47 Å². The van der Waals surface area contributed by atoms with Crippen molar-refractivity contribution in [3.8, 4) is 0 Å². The first kappa shape index (κ1) is 20.8. The molecule has 4 rings (SSSR count). The van der Waals surface area contributed by atoms with E-state index in [1.165, 1.54) is 4.90 Å². The third-order valence-corrected chi connectivity index (χ3v) is 6.47. The number of ether oxygens (including phenoxy) is 2. The standard InChI is InChI=1S/C22H28N2O6/c1-2-29-21(28)16-15-9-10-22(30-15)17(16)20(27)24(11-6-12-25)18(22)19(26)23-13-14-7-4-3-5-8-14/h3-5,7-8,15-18,25H,2,6,9-13H2,1H3,(H,23,26)/t15-,16+,17+,18-,22+/m0/s1. The van der Waals surface area contributed by atoms with Gasteiger partial charge >= 0.3 is 5.97 Å². The second kappa shape index (κ2) is 8.35. The van der Waals surface area contributed by atoms with Crippen molar-refractivity contribution in [2.45, 2.75) is 50.5 Å². The Kier molecular flexibility index (Phi) is 5.79. The van der Waals surface area contributed by atoms with Gasteiger partial charge in [-0.1, -0.05) is 30.3 Å². The molecule has 0 aromatic heterocycles. The fraction of sp³-hybridized carbons (Fsp3) is 0.591. The van der Waals surface area contributed by atoms with E-state index in [-0.39, 0.29) is 31.6 Å². The van der Waals surface area contributed by atoms with E-state index >= 15 is 0 Å². The summed E-state index contributed by atoms with van der Waals surface area (Å²) in [6, 6.07) is 8.71. The zero-order valence-corrected chi connectivity index (χ0v) is 17.1. The Morgan fingerprint density at radius 3 is 2.80 bits per heavy atom. The largest absolute Gasteiger partial charge is 0.466 e. The van der Waals surface area contributed by atoms with Gasteiger partial charge < -0.3 is 24.8 Å². The number of esters is 1. The average molecular weight is 416 g/mol. The van der Waals surface area contributed by atoms with Crippen molar-refractivity contribution in [1.29, 1.82) is 0 Å². The Morgan fingerprint density at radius 2 is 2.10 bits per heavy atom. The van der Waals surface area contributed by atoms with Crippen LogP contribution in [0, 0.1) is 11.8 Å². The van der Waals surface area contributed by atoms with Crippen LogP contribution in [0.1, 0.15) is 31.7 Å². The Labute approximate surface area is 175 Å². The molecule has 0 unspecified atom stereocenters. The first-order valence-corrected chi connectivity index (χ1v) is 10.6. The van der Waals surface area contributed by atoms with Gasteiger partial charge in [0.1, 0.15) is 11.6 Å². The van der Waals surface area contributed by atoms with E-state index in [1.54, 1.807) is 6.92 Å². The molecule has 3 aliphatic rings. The second-order valence-electron chi connectivity index (χ2n) is 8.12. The van der Waals surface area contributed by atoms with Crippen LogP contribution < -0.4 is 5.32 Å². The van der Waals surface area contributed by atoms with E-state index in [0.29, 0.717) is 25.8 Å². The fourth-order valence-corrected chi connectivity index (χ4v) is 5.32. The third kappa shape index (κ3) is 3.28. The Balaban J connectivity index is 1.61. The highest BCUT2D eigenvalue weighted by atomic mass is 16.6. The lowest BCUT2D eigenvalue weighted by atomic mass is 9.71. The van der Waals surface area contributed by atoms with E-state index in [1.807, 2.05) is 30.3 Å². The molecule has 8 heteroatoms. The Bertz CT molecular complexity index is 815. The van der Waals surface area contributed by atoms with Crippen LogP contribution in [0.25, 0.3) is 0 Å². The van der Waals surface area contributed by atoms with Gasteiger partial charge in [-0.15, -0.1) is 0 Å². The van der Waals surface area contributed by atoms with Crippen molar-refractivity contribution in [3.05, 3.63) is 35.9 Å². The van der Waals surface area contributed by atoms with Gasteiger partial charge in [-0.2, -0.15) is 0 Å². The Morgan fingerprint density at radius 1 is 1.33 bits per heavy atom. The van der Waals surface area contributed by atoms with Crippen LogP contribution in [0.5, 0.6) is 0 Å². The summed E-state index contributed by atoms with van der Waals surface area (Å²) >= 11 is 0. The summed E-state index contributed by atoms with van der Waals surface area (Å²) in [5, 5.41) is 12.2. The highest BCUT2D eigenvalue weighted by Crippen LogP contribution is 2.58. The summed E-state index contributed by atoms with van der Waals surface area (Å²) in [4.78, 5) is 40.8. The number of aliphatic hydroxyl groups excluding tert-OH is 1. The lowest BCUT2D eigenvalue weighted by Crippen LogP contribution is -2.55. The second-order valence-corrected chi connectivity index (χ2v) is 8.12. The molecule has 0 aliphatic carbocycles. The van der Waals surface area contributed by atoms with Crippen molar-refractivity contribution in [3.63, 3.8) is 0 Å². The fourth-order valence-electron chi connectivity index (χ4n) is 5.32. The highest BCUT2D eigenvalue weighted by Gasteiger charge is 2.74. The molecule has 2 amide bonds. The zero-order valence-electron chi connectivity index (χ0n) is 17.1. The van der Waals surface area contributed by atoms with Gasteiger partial charge in [0, 0.05) is 19.7 Å². The quantitative estimate of drug-likeness (QED) is 0.602. The Hall–Kier alpha value is -2.45. The molecule has 3 fully saturated rings. The molecule has 2 bridgehead atoms. The maximum atomic E-state index is 13.4. The molecule has 1 aromatic carbocycles. The van der Waals surface area contributed by atoms with Crippen molar-refractivity contribution in [2.75, 3.05) is 19.8 Å². The maximum absolute atomic E-state index is 13.4. The molecular weight excluding hydrogens is 388 g/mol. The topological polar surface area (TPSA) is 105 Å². The molecule has 8 nitrogen and oxygen atoms in total. The number of likely N-dealkylation sites (tertiary alicyclic amines) is 1. The zero-order chi connectivity index (χ0) is 21.3. The van der Waals surface area contributed by atoms with Crippen LogP contribution in [0.2, 0.25) is 0 Å². The number of aliphatic hydroxyl groups is 1. The summed E-state index contributed by atoms with van der Waals surface area (Å²) in [7, 11) is 0. The number of rotatable bonds is 8. The molecule has 1 aromatic rings. The van der Waals surface area contributed by atoms with Crippen LogP contribution in [0.3, 0.4) is 0 Å². The average Bonchev–Trinajstić information content (AvgIpc) is 3.39. The lowest BCUT2D eigenvalue weighted by Gasteiger charge is -2.33. The summed E-state index contributed by atoms with van der Waals surface area (Å²) in [5.74, 6) is -2.40. The highest BCUT2D eigenvalue weighted by molar-refractivity contribution is 5.98. The van der Waals surface area contributed by atoms with Gasteiger partial charge in [-0.3, -0.25) is 14.4 Å². The first-order valence-electron chi connectivity index (χ1n) is 10.6. The summed E-state index contributed by atoms with van der Waals surface area (Å²) in [5.41, 5.74) is -0.0674. The minimum atomic E-state index is -1.02. The predicted octanol–water partition coefficient (Wildman–Crippen LogP) is 0.623. The summed E-state index contributed by atoms with van der Waals surface area (Å²) < 4.78 is 11.5. The van der Waals surface area contributed by atoms with Gasteiger partial charge in [0.15, 0.2) is 0 Å². The number of carbonyl (C=O) groups excluding carboxylic acids is 3. The molecule has 5 atom stereocenters. The van der Waals surface area contributed by atoms with E-state index in [2.05, 4.69) is 5.32 Å². The normalized spacial score (nSPS) is 31.7. The minimum absolute atomic E-state index is 0.0927. The van der Waals surface area contributed by atoms with Crippen LogP contribution in [0.15, 0.2) is 30.3 Å². The monoisotopic (exact) mass is 416 g/mol. The number of nitrogens with zero attached hydrogens (tertiary/aromatic N) is 1. The summed E-state index contributed by atoms with van der Waals surface area (Å²) in [6.07, 6.45) is 1.11. The van der Waals surface area contributed by atoms with Gasteiger partial charge in [0.2, 0.25) is 11.8 Å². The van der Waals surface area contributed by atoms with Crippen LogP contribution >= 0.6 is 0 Å². The number of hydrogen-bond acceptors (Lipinski definition) is 6. The molecular formula is C22H28N2O6. The van der Waals surface area contributed by atoms with Crippen LogP contribution in [-0.2, 0) is 30.4 Å². The number of benzene rings is 1. The van der Waals surface area contributed by atoms with Crippen molar-refractivity contribution >= 4 is 17.8 Å². The van der Waals surface area contributed by atoms with Crippen LogP contribution in [0.4, 0.5) is 0 Å². The van der Waals surface area contributed by atoms with Crippen molar-refractivity contribution in [2.24, 2.45) is 11.8 Å². The molecule has 3 aliphatic heterocycles. The summed E-state index contributed by atoms with van der Waals surface area (Å²) in [6.45, 7) is 2.44. The first-order chi connectivity index (χ1) is 14.5. The van der Waals surface area contributed by atoms with E-state index in [0.717, 1.165) is 5.56 Å². The number of nitrogens with one attached hydrogen (secondary N) is 1. The molecule has 2 N–H and O–H groups in total. The number of hydrogen-bond donors (Lipinski definition) is 2. The van der Waals surface area contributed by atoms with E-state index < -0.39 is 35.6 Å². The third-order valence-electron chi connectivity index (χ3n) is 6.47. The molecule has 0 saturated carbocycles. The number of fused-ring (bicyclic) bond motifs is 1. The molecule has 0 radical (unpaired) electrons. The predicted molar refractivity (Wildman–Crippen MR) is 106 cm³/mol. The number of amides is 2. The van der Waals surface area contributed by atoms with Crippen molar-refractivity contribution in [1.82, 2.24) is 10.2 Å². The SMILES string of the molecule is CCOC(=O)[C@@H]1[C@@H]2CC[C@]3(O2)[C@H](C(=O)NCc2ccccc2)N(CCCO)C(=O)[C@@H]13. The molecule has 3 saturated heterocycles. The maximum Gasteiger partial charge on any atom is 0.312 e. The van der Waals surface area contributed by atoms with Crippen molar-refractivity contribution < 1.29 is 29.0 Å². The lowest BCUT2D eigenvalue weighted by molar-refractivity contribution is -0.154. The van der Waals surface area contributed by atoms with Gasteiger partial charge in [0.25, 0.3) is 0 Å². The molecule has 1 spiro atoms. The number of carbonyl (C=O) groups is 3. The van der Waals surface area contributed by atoms with Crippen LogP contribution in [-0.4, -0.2) is 65.3 Å². The molecule has 162 valence electrons. The smallest absolute Gasteiger partial charge is 0.312 e. The van der Waals surface area contributed by atoms with Gasteiger partial charge in [-0.05, 0) is 31.7 Å². The van der Waals surface area contributed by atoms with Gasteiger partial charge in [-0.25, -0.2) is 0 Å². The minimum Gasteiger partial charge on any atom is -0.466 e. The molecule has 30 heavy (non-hydrogen) atoms. The van der Waals surface area contributed by atoms with E-state index in [9.17, 15) is 19.5 Å².